The predicted octanol–water partition coefficient (Wildman–Crippen LogP) is 3.28. The number of likely N-dealkylation sites (tertiary alicyclic amines) is 1. The minimum Gasteiger partial charge on any atom is -0.466 e. The fourth-order valence-corrected chi connectivity index (χ4v) is 5.04. The van der Waals surface area contributed by atoms with Crippen molar-refractivity contribution in [2.75, 3.05) is 26.2 Å². The van der Waals surface area contributed by atoms with E-state index in [1.54, 1.807) is 36.1 Å². The van der Waals surface area contributed by atoms with E-state index < -0.39 is 15.6 Å². The molecule has 0 spiro atoms. The lowest BCUT2D eigenvalue weighted by Gasteiger charge is -2.33. The summed E-state index contributed by atoms with van der Waals surface area (Å²) >= 11 is 0. The Labute approximate surface area is 190 Å². The van der Waals surface area contributed by atoms with E-state index in [2.05, 4.69) is 4.72 Å². The molecular weight excluding hydrogens is 432 g/mol. The first-order valence-corrected chi connectivity index (χ1v) is 12.7. The van der Waals surface area contributed by atoms with Gasteiger partial charge in [-0.25, -0.2) is 17.9 Å². The molecular formula is C23H34N2O6S. The van der Waals surface area contributed by atoms with Gasteiger partial charge in [-0.05, 0) is 76.5 Å². The SMILES string of the molecule is CCOC(=O)[C@@H]1C[C@H]1c1ccc(S(=O)(=O)NCC2CCN(C(=O)OC(C)(C)C)CC2)cc1. The number of ether oxygens (including phenoxy) is 2. The number of hydrogen-bond acceptors (Lipinski definition) is 6. The van der Waals surface area contributed by atoms with E-state index in [0.717, 1.165) is 24.8 Å². The lowest BCUT2D eigenvalue weighted by Crippen LogP contribution is -2.43. The van der Waals surface area contributed by atoms with Crippen molar-refractivity contribution in [2.24, 2.45) is 11.8 Å². The molecule has 9 heteroatoms. The highest BCUT2D eigenvalue weighted by atomic mass is 32.2. The summed E-state index contributed by atoms with van der Waals surface area (Å²) in [6.07, 6.45) is 1.86. The van der Waals surface area contributed by atoms with Crippen LogP contribution < -0.4 is 4.72 Å². The predicted molar refractivity (Wildman–Crippen MR) is 120 cm³/mol. The van der Waals surface area contributed by atoms with Crippen LogP contribution in [0.2, 0.25) is 0 Å². The van der Waals surface area contributed by atoms with Crippen molar-refractivity contribution in [2.45, 2.75) is 63.4 Å². The second-order valence-corrected chi connectivity index (χ2v) is 11.3. The minimum atomic E-state index is -3.62. The van der Waals surface area contributed by atoms with E-state index in [9.17, 15) is 18.0 Å². The summed E-state index contributed by atoms with van der Waals surface area (Å²) in [6.45, 7) is 9.10. The number of sulfonamides is 1. The molecule has 0 bridgehead atoms. The Hall–Kier alpha value is -2.13. The molecule has 0 unspecified atom stereocenters. The summed E-state index contributed by atoms with van der Waals surface area (Å²) in [6, 6.07) is 6.72. The molecule has 1 amide bonds. The average molecular weight is 467 g/mol. The number of hydrogen-bond donors (Lipinski definition) is 1. The van der Waals surface area contributed by atoms with Gasteiger partial charge in [-0.2, -0.15) is 0 Å². The van der Waals surface area contributed by atoms with Gasteiger partial charge in [0.25, 0.3) is 0 Å². The van der Waals surface area contributed by atoms with Gasteiger partial charge in [-0.15, -0.1) is 0 Å². The van der Waals surface area contributed by atoms with Crippen LogP contribution >= 0.6 is 0 Å². The number of carbonyl (C=O) groups excluding carboxylic acids is 2. The summed E-state index contributed by atoms with van der Waals surface area (Å²) < 4.78 is 38.5. The maximum Gasteiger partial charge on any atom is 0.410 e. The van der Waals surface area contributed by atoms with Gasteiger partial charge in [0.1, 0.15) is 5.60 Å². The molecule has 1 saturated carbocycles. The molecule has 1 aromatic carbocycles. The van der Waals surface area contributed by atoms with Crippen molar-refractivity contribution in [3.05, 3.63) is 29.8 Å². The topological polar surface area (TPSA) is 102 Å². The highest BCUT2D eigenvalue weighted by molar-refractivity contribution is 7.89. The van der Waals surface area contributed by atoms with Gasteiger partial charge < -0.3 is 14.4 Å². The van der Waals surface area contributed by atoms with E-state index >= 15 is 0 Å². The van der Waals surface area contributed by atoms with Crippen LogP contribution in [-0.2, 0) is 24.3 Å². The molecule has 1 aliphatic carbocycles. The largest absolute Gasteiger partial charge is 0.466 e. The molecule has 1 aliphatic heterocycles. The number of benzene rings is 1. The third kappa shape index (κ3) is 6.45. The van der Waals surface area contributed by atoms with Gasteiger partial charge in [0.15, 0.2) is 0 Å². The van der Waals surface area contributed by atoms with Gasteiger partial charge >= 0.3 is 12.1 Å². The van der Waals surface area contributed by atoms with Gasteiger partial charge in [-0.3, -0.25) is 4.79 Å². The molecule has 2 aliphatic rings. The number of piperidine rings is 1. The second-order valence-electron chi connectivity index (χ2n) is 9.53. The molecule has 3 rings (SSSR count). The van der Waals surface area contributed by atoms with Crippen molar-refractivity contribution < 1.29 is 27.5 Å². The highest BCUT2D eigenvalue weighted by Gasteiger charge is 2.45. The van der Waals surface area contributed by atoms with Gasteiger partial charge in [-0.1, -0.05) is 12.1 Å². The first kappa shape index (κ1) is 24.5. The summed E-state index contributed by atoms with van der Waals surface area (Å²) in [4.78, 5) is 25.9. The van der Waals surface area contributed by atoms with E-state index in [0.29, 0.717) is 26.2 Å². The number of nitrogens with zero attached hydrogens (tertiary/aromatic N) is 1. The maximum atomic E-state index is 12.7. The van der Waals surface area contributed by atoms with E-state index in [1.165, 1.54) is 0 Å². The monoisotopic (exact) mass is 466 g/mol. The van der Waals surface area contributed by atoms with Crippen molar-refractivity contribution >= 4 is 22.1 Å². The minimum absolute atomic E-state index is 0.105. The number of esters is 1. The maximum absolute atomic E-state index is 12.7. The second kappa shape index (κ2) is 9.79. The fraction of sp³-hybridized carbons (Fsp3) is 0.652. The molecule has 1 aromatic rings. The van der Waals surface area contributed by atoms with Crippen molar-refractivity contribution in [3.8, 4) is 0 Å². The summed E-state index contributed by atoms with van der Waals surface area (Å²) in [5.74, 6) is -0.0379. The Morgan fingerprint density at radius 3 is 2.31 bits per heavy atom. The molecule has 1 heterocycles. The number of carbonyl (C=O) groups is 2. The molecule has 1 saturated heterocycles. The molecule has 2 atom stereocenters. The summed E-state index contributed by atoms with van der Waals surface area (Å²) in [5, 5.41) is 0. The first-order chi connectivity index (χ1) is 15.0. The third-order valence-corrected chi connectivity index (χ3v) is 7.27. The zero-order chi connectivity index (χ0) is 23.5. The Morgan fingerprint density at radius 1 is 1.12 bits per heavy atom. The van der Waals surface area contributed by atoms with Crippen molar-refractivity contribution in [3.63, 3.8) is 0 Å². The fourth-order valence-electron chi connectivity index (χ4n) is 3.92. The zero-order valence-electron chi connectivity index (χ0n) is 19.3. The Kier molecular flexibility index (Phi) is 7.50. The molecule has 32 heavy (non-hydrogen) atoms. The number of nitrogens with one attached hydrogen (secondary N) is 1. The molecule has 8 nitrogen and oxygen atoms in total. The Balaban J connectivity index is 1.47. The standard InChI is InChI=1S/C23H34N2O6S/c1-5-30-21(26)20-14-19(20)17-6-8-18(9-7-17)32(28,29)24-15-16-10-12-25(13-11-16)22(27)31-23(2,3)4/h6-9,16,19-20,24H,5,10-15H2,1-4H3/t19-,20+/m0/s1. The third-order valence-electron chi connectivity index (χ3n) is 5.83. The van der Waals surface area contributed by atoms with Crippen LogP contribution in [0.3, 0.4) is 0 Å². The van der Waals surface area contributed by atoms with Crippen LogP contribution in [0.25, 0.3) is 0 Å². The highest BCUT2D eigenvalue weighted by Crippen LogP contribution is 2.48. The van der Waals surface area contributed by atoms with Crippen LogP contribution in [0.4, 0.5) is 4.79 Å². The van der Waals surface area contributed by atoms with Gasteiger partial charge in [0.2, 0.25) is 10.0 Å². The van der Waals surface area contributed by atoms with Crippen LogP contribution in [0.1, 0.15) is 58.4 Å². The molecule has 1 N–H and O–H groups in total. The van der Waals surface area contributed by atoms with Crippen LogP contribution in [0, 0.1) is 11.8 Å². The molecule has 2 fully saturated rings. The average Bonchev–Trinajstić information content (AvgIpc) is 3.53. The smallest absolute Gasteiger partial charge is 0.410 e. The van der Waals surface area contributed by atoms with Gasteiger partial charge in [0.05, 0.1) is 17.4 Å². The van der Waals surface area contributed by atoms with Gasteiger partial charge in [0, 0.05) is 19.6 Å². The van der Waals surface area contributed by atoms with Crippen LogP contribution in [0.15, 0.2) is 29.2 Å². The lowest BCUT2D eigenvalue weighted by atomic mass is 9.97. The summed E-state index contributed by atoms with van der Waals surface area (Å²) in [5.41, 5.74) is 0.426. The van der Waals surface area contributed by atoms with E-state index in [1.807, 2.05) is 20.8 Å². The quantitative estimate of drug-likeness (QED) is 0.619. The van der Waals surface area contributed by atoms with Crippen LogP contribution in [0.5, 0.6) is 0 Å². The zero-order valence-corrected chi connectivity index (χ0v) is 20.1. The van der Waals surface area contributed by atoms with E-state index in [-0.39, 0.29) is 34.7 Å². The first-order valence-electron chi connectivity index (χ1n) is 11.2. The van der Waals surface area contributed by atoms with Crippen LogP contribution in [-0.4, -0.2) is 57.2 Å². The lowest BCUT2D eigenvalue weighted by molar-refractivity contribution is -0.144. The number of amides is 1. The molecule has 0 radical (unpaired) electrons. The number of rotatable bonds is 7. The summed E-state index contributed by atoms with van der Waals surface area (Å²) in [7, 11) is -3.62. The van der Waals surface area contributed by atoms with Crippen molar-refractivity contribution in [1.29, 1.82) is 0 Å². The Bertz CT molecular complexity index is 915. The molecule has 178 valence electrons. The normalized spacial score (nSPS) is 21.8. The molecule has 0 aromatic heterocycles. The van der Waals surface area contributed by atoms with E-state index in [4.69, 9.17) is 9.47 Å². The Morgan fingerprint density at radius 2 is 1.75 bits per heavy atom. The van der Waals surface area contributed by atoms with Crippen molar-refractivity contribution in [1.82, 2.24) is 9.62 Å².